The number of hydrogen-bond donors (Lipinski definition) is 2. The lowest BCUT2D eigenvalue weighted by Crippen LogP contribution is -2.25. The minimum atomic E-state index is -0.0606. The molecule has 0 fully saturated rings. The van der Waals surface area contributed by atoms with Gasteiger partial charge >= 0.3 is 0 Å². The molecule has 0 radical (unpaired) electrons. The normalized spacial score (nSPS) is 10.7. The van der Waals surface area contributed by atoms with Crippen molar-refractivity contribution < 1.29 is 4.79 Å². The summed E-state index contributed by atoms with van der Waals surface area (Å²) in [6.07, 6.45) is 5.24. The zero-order valence-corrected chi connectivity index (χ0v) is 11.5. The number of amides is 1. The number of nitrogens with one attached hydrogen (secondary N) is 2. The highest BCUT2D eigenvalue weighted by Crippen LogP contribution is 2.07. The van der Waals surface area contributed by atoms with Gasteiger partial charge in [0.25, 0.3) is 5.91 Å². The van der Waals surface area contributed by atoms with Crippen LogP contribution in [-0.2, 0) is 13.5 Å². The molecule has 1 amide bonds. The Balaban J connectivity index is 1.79. The van der Waals surface area contributed by atoms with E-state index >= 15 is 0 Å². The third-order valence-corrected chi connectivity index (χ3v) is 3.32. The molecule has 2 aromatic rings. The lowest BCUT2D eigenvalue weighted by molar-refractivity contribution is 0.0952. The first-order valence-corrected chi connectivity index (χ1v) is 6.35. The van der Waals surface area contributed by atoms with E-state index in [2.05, 4.69) is 20.6 Å². The average molecular weight is 261 g/mol. The molecule has 2 aromatic heterocycles. The summed E-state index contributed by atoms with van der Waals surface area (Å²) in [6, 6.07) is 0. The van der Waals surface area contributed by atoms with Crippen LogP contribution in [0.1, 0.15) is 33.7 Å². The van der Waals surface area contributed by atoms with Gasteiger partial charge in [-0.3, -0.25) is 14.6 Å². The van der Waals surface area contributed by atoms with E-state index in [0.717, 1.165) is 24.2 Å². The predicted octanol–water partition coefficient (Wildman–Crippen LogP) is 1.12. The van der Waals surface area contributed by atoms with Gasteiger partial charge in [-0.1, -0.05) is 0 Å². The topological polar surface area (TPSA) is 75.6 Å². The zero-order chi connectivity index (χ0) is 13.8. The van der Waals surface area contributed by atoms with Crippen LogP contribution in [0.4, 0.5) is 0 Å². The van der Waals surface area contributed by atoms with Gasteiger partial charge in [0.05, 0.1) is 18.0 Å². The third kappa shape index (κ3) is 3.01. The second-order valence-electron chi connectivity index (χ2n) is 4.65. The van der Waals surface area contributed by atoms with Crippen molar-refractivity contribution in [2.24, 2.45) is 7.05 Å². The number of carbonyl (C=O) groups is 1. The van der Waals surface area contributed by atoms with Crippen molar-refractivity contribution in [1.82, 2.24) is 25.3 Å². The van der Waals surface area contributed by atoms with E-state index < -0.39 is 0 Å². The van der Waals surface area contributed by atoms with E-state index in [-0.39, 0.29) is 5.91 Å². The molecular weight excluding hydrogens is 242 g/mol. The molecule has 0 spiro atoms. The molecule has 2 heterocycles. The Morgan fingerprint density at radius 3 is 2.79 bits per heavy atom. The summed E-state index contributed by atoms with van der Waals surface area (Å²) < 4.78 is 1.70. The van der Waals surface area contributed by atoms with Crippen molar-refractivity contribution in [1.29, 1.82) is 0 Å². The molecular formula is C13H19N5O. The molecule has 0 atom stereocenters. The fourth-order valence-electron chi connectivity index (χ4n) is 1.93. The lowest BCUT2D eigenvalue weighted by atomic mass is 10.1. The highest BCUT2D eigenvalue weighted by atomic mass is 16.1. The number of aromatic nitrogens is 4. The van der Waals surface area contributed by atoms with E-state index in [4.69, 9.17) is 0 Å². The molecule has 0 aromatic carbocycles. The molecule has 0 aliphatic carbocycles. The van der Waals surface area contributed by atoms with Crippen molar-refractivity contribution in [3.8, 4) is 0 Å². The molecule has 19 heavy (non-hydrogen) atoms. The van der Waals surface area contributed by atoms with Gasteiger partial charge in [0.15, 0.2) is 0 Å². The molecule has 0 aliphatic heterocycles. The second kappa shape index (κ2) is 5.69. The first-order chi connectivity index (χ1) is 9.09. The highest BCUT2D eigenvalue weighted by Gasteiger charge is 2.11. The Morgan fingerprint density at radius 2 is 2.21 bits per heavy atom. The SMILES string of the molecule is Cc1[nH]ncc1CCCNC(=O)c1cnn(C)c1C. The third-order valence-electron chi connectivity index (χ3n) is 3.32. The summed E-state index contributed by atoms with van der Waals surface area (Å²) in [7, 11) is 1.83. The Labute approximate surface area is 112 Å². The van der Waals surface area contributed by atoms with Crippen LogP contribution in [0, 0.1) is 13.8 Å². The first-order valence-electron chi connectivity index (χ1n) is 6.35. The summed E-state index contributed by atoms with van der Waals surface area (Å²) in [4.78, 5) is 11.9. The number of hydrogen-bond acceptors (Lipinski definition) is 3. The monoisotopic (exact) mass is 261 g/mol. The van der Waals surface area contributed by atoms with Gasteiger partial charge in [-0.25, -0.2) is 0 Å². The van der Waals surface area contributed by atoms with Crippen LogP contribution in [0.5, 0.6) is 0 Å². The number of carbonyl (C=O) groups excluding carboxylic acids is 1. The van der Waals surface area contributed by atoms with Gasteiger partial charge in [-0.2, -0.15) is 10.2 Å². The van der Waals surface area contributed by atoms with E-state index in [9.17, 15) is 4.79 Å². The minimum absolute atomic E-state index is 0.0606. The van der Waals surface area contributed by atoms with Crippen molar-refractivity contribution in [3.63, 3.8) is 0 Å². The summed E-state index contributed by atoms with van der Waals surface area (Å²) in [5, 5.41) is 13.9. The second-order valence-corrected chi connectivity index (χ2v) is 4.65. The van der Waals surface area contributed by atoms with Crippen LogP contribution in [0.15, 0.2) is 12.4 Å². The average Bonchev–Trinajstić information content (AvgIpc) is 2.93. The first kappa shape index (κ1) is 13.3. The van der Waals surface area contributed by atoms with Crippen LogP contribution >= 0.6 is 0 Å². The predicted molar refractivity (Wildman–Crippen MR) is 71.9 cm³/mol. The van der Waals surface area contributed by atoms with E-state index in [1.54, 1.807) is 10.9 Å². The van der Waals surface area contributed by atoms with E-state index in [1.807, 2.05) is 27.1 Å². The maximum Gasteiger partial charge on any atom is 0.254 e. The molecule has 0 unspecified atom stereocenters. The molecule has 6 nitrogen and oxygen atoms in total. The Bertz CT molecular complexity index is 569. The van der Waals surface area contributed by atoms with Crippen molar-refractivity contribution in [2.75, 3.05) is 6.54 Å². The van der Waals surface area contributed by atoms with Crippen LogP contribution < -0.4 is 5.32 Å². The number of nitrogens with zero attached hydrogens (tertiary/aromatic N) is 3. The zero-order valence-electron chi connectivity index (χ0n) is 11.5. The van der Waals surface area contributed by atoms with Gasteiger partial charge < -0.3 is 5.32 Å². The fourth-order valence-corrected chi connectivity index (χ4v) is 1.93. The smallest absolute Gasteiger partial charge is 0.254 e. The van der Waals surface area contributed by atoms with Crippen LogP contribution in [0.3, 0.4) is 0 Å². The Morgan fingerprint density at radius 1 is 1.42 bits per heavy atom. The molecule has 0 aliphatic rings. The van der Waals surface area contributed by atoms with Gasteiger partial charge in [0.1, 0.15) is 0 Å². The van der Waals surface area contributed by atoms with Crippen LogP contribution in [-0.4, -0.2) is 32.4 Å². The largest absolute Gasteiger partial charge is 0.352 e. The number of aromatic amines is 1. The molecule has 0 saturated carbocycles. The van der Waals surface area contributed by atoms with Gasteiger partial charge in [0.2, 0.25) is 0 Å². The van der Waals surface area contributed by atoms with Crippen LogP contribution in [0.2, 0.25) is 0 Å². The maximum absolute atomic E-state index is 11.9. The van der Waals surface area contributed by atoms with Crippen LogP contribution in [0.25, 0.3) is 0 Å². The number of rotatable bonds is 5. The summed E-state index contributed by atoms with van der Waals surface area (Å²) >= 11 is 0. The van der Waals surface area contributed by atoms with Crippen molar-refractivity contribution in [3.05, 3.63) is 34.9 Å². The molecule has 102 valence electrons. The molecule has 2 rings (SSSR count). The fraction of sp³-hybridized carbons (Fsp3) is 0.462. The quantitative estimate of drug-likeness (QED) is 0.792. The van der Waals surface area contributed by atoms with Gasteiger partial charge in [-0.05, 0) is 32.3 Å². The van der Waals surface area contributed by atoms with Gasteiger partial charge in [-0.15, -0.1) is 0 Å². The lowest BCUT2D eigenvalue weighted by Gasteiger charge is -2.04. The van der Waals surface area contributed by atoms with Gasteiger partial charge in [0, 0.05) is 25.0 Å². The molecule has 2 N–H and O–H groups in total. The molecule has 0 bridgehead atoms. The number of aryl methyl sites for hydroxylation is 3. The molecule has 6 heteroatoms. The van der Waals surface area contributed by atoms with Crippen molar-refractivity contribution in [2.45, 2.75) is 26.7 Å². The summed E-state index contributed by atoms with van der Waals surface area (Å²) in [5.41, 5.74) is 3.81. The minimum Gasteiger partial charge on any atom is -0.352 e. The maximum atomic E-state index is 11.9. The number of H-pyrrole nitrogens is 1. The van der Waals surface area contributed by atoms with E-state index in [1.165, 1.54) is 5.56 Å². The Hall–Kier alpha value is -2.11. The van der Waals surface area contributed by atoms with Crippen molar-refractivity contribution >= 4 is 5.91 Å². The Kier molecular flexibility index (Phi) is 3.99. The summed E-state index contributed by atoms with van der Waals surface area (Å²) in [6.45, 7) is 4.54. The summed E-state index contributed by atoms with van der Waals surface area (Å²) in [5.74, 6) is -0.0606. The van der Waals surface area contributed by atoms with E-state index in [0.29, 0.717) is 12.1 Å². The highest BCUT2D eigenvalue weighted by molar-refractivity contribution is 5.94. The standard InChI is InChI=1S/C13H19N5O/c1-9-11(7-15-17-9)5-4-6-14-13(19)12-8-16-18(3)10(12)2/h7-8H,4-6H2,1-3H3,(H,14,19)(H,15,17). The molecule has 0 saturated heterocycles.